The predicted octanol–water partition coefficient (Wildman–Crippen LogP) is 3.04. The molecule has 29 heavy (non-hydrogen) atoms. The molecule has 1 saturated carbocycles. The van der Waals surface area contributed by atoms with Crippen molar-refractivity contribution in [2.75, 3.05) is 38.6 Å². The number of hydrogen-bond donors (Lipinski definition) is 2. The number of thiophene rings is 1. The molecule has 3 rings (SSSR count). The number of carbonyl (C=O) groups is 3. The van der Waals surface area contributed by atoms with Crippen molar-refractivity contribution in [2.24, 2.45) is 11.8 Å². The van der Waals surface area contributed by atoms with Crippen LogP contribution < -0.4 is 10.6 Å². The zero-order valence-corrected chi connectivity index (χ0v) is 18.3. The smallest absolute Gasteiger partial charge is 0.341 e. The van der Waals surface area contributed by atoms with Gasteiger partial charge in [0.1, 0.15) is 5.00 Å². The van der Waals surface area contributed by atoms with E-state index in [9.17, 15) is 14.4 Å². The van der Waals surface area contributed by atoms with Crippen molar-refractivity contribution in [3.63, 3.8) is 0 Å². The van der Waals surface area contributed by atoms with Crippen LogP contribution in [0.2, 0.25) is 0 Å². The number of fused-ring (bicyclic) bond motifs is 1. The second-order valence-electron chi connectivity index (χ2n) is 7.94. The summed E-state index contributed by atoms with van der Waals surface area (Å²) in [7, 11) is 1.54. The molecule has 2 atom stereocenters. The quantitative estimate of drug-likeness (QED) is 0.690. The Hall–Kier alpha value is -1.93. The lowest BCUT2D eigenvalue weighted by atomic mass is 9.75. The largest absolute Gasteiger partial charge is 0.462 e. The SMILES string of the molecule is CCOC(=O)c1c(NC(=O)CN2CC[C@H]3CCCC[C@@H]3C2)sc(C(=O)NC)c1C. The van der Waals surface area contributed by atoms with Gasteiger partial charge in [-0.15, -0.1) is 11.3 Å². The number of esters is 1. The lowest BCUT2D eigenvalue weighted by Gasteiger charge is -2.41. The van der Waals surface area contributed by atoms with Gasteiger partial charge in [-0.1, -0.05) is 19.3 Å². The summed E-state index contributed by atoms with van der Waals surface area (Å²) >= 11 is 1.12. The van der Waals surface area contributed by atoms with Crippen LogP contribution in [0.5, 0.6) is 0 Å². The predicted molar refractivity (Wildman–Crippen MR) is 114 cm³/mol. The van der Waals surface area contributed by atoms with E-state index in [1.165, 1.54) is 25.7 Å². The minimum Gasteiger partial charge on any atom is -0.462 e. The van der Waals surface area contributed by atoms with Crippen LogP contribution >= 0.6 is 11.3 Å². The number of anilines is 1. The van der Waals surface area contributed by atoms with E-state index in [2.05, 4.69) is 15.5 Å². The Labute approximate surface area is 176 Å². The molecule has 7 nitrogen and oxygen atoms in total. The van der Waals surface area contributed by atoms with Crippen molar-refractivity contribution in [2.45, 2.75) is 46.0 Å². The van der Waals surface area contributed by atoms with E-state index < -0.39 is 5.97 Å². The topological polar surface area (TPSA) is 87.7 Å². The third-order valence-electron chi connectivity index (χ3n) is 6.06. The summed E-state index contributed by atoms with van der Waals surface area (Å²) in [5.74, 6) is 0.555. The Bertz CT molecular complexity index is 776. The Morgan fingerprint density at radius 1 is 1.17 bits per heavy atom. The maximum Gasteiger partial charge on any atom is 0.341 e. The van der Waals surface area contributed by atoms with E-state index in [1.54, 1.807) is 20.9 Å². The van der Waals surface area contributed by atoms with Crippen molar-refractivity contribution in [1.82, 2.24) is 10.2 Å². The van der Waals surface area contributed by atoms with Crippen LogP contribution in [0.15, 0.2) is 0 Å². The van der Waals surface area contributed by atoms with Crippen LogP contribution in [0.1, 0.15) is 64.6 Å². The van der Waals surface area contributed by atoms with Gasteiger partial charge in [0.05, 0.1) is 23.6 Å². The number of nitrogens with one attached hydrogen (secondary N) is 2. The normalized spacial score (nSPS) is 21.9. The fourth-order valence-electron chi connectivity index (χ4n) is 4.57. The second kappa shape index (κ2) is 9.71. The van der Waals surface area contributed by atoms with E-state index in [-0.39, 0.29) is 24.0 Å². The number of carbonyl (C=O) groups excluding carboxylic acids is 3. The summed E-state index contributed by atoms with van der Waals surface area (Å²) in [5, 5.41) is 5.83. The zero-order valence-electron chi connectivity index (χ0n) is 17.5. The molecule has 2 amide bonds. The average molecular weight is 422 g/mol. The highest BCUT2D eigenvalue weighted by Gasteiger charge is 2.32. The standard InChI is InChI=1S/C21H31N3O4S/c1-4-28-21(27)17-13(2)18(19(26)22-3)29-20(17)23-16(25)12-24-10-9-14-7-5-6-8-15(14)11-24/h14-15H,4-12H2,1-3H3,(H,22,26)(H,23,25)/t14-,15-/m1/s1. The highest BCUT2D eigenvalue weighted by Crippen LogP contribution is 2.36. The highest BCUT2D eigenvalue weighted by molar-refractivity contribution is 7.18. The summed E-state index contributed by atoms with van der Waals surface area (Å²) in [6.45, 7) is 5.87. The first kappa shape index (κ1) is 21.8. The first-order valence-corrected chi connectivity index (χ1v) is 11.3. The summed E-state index contributed by atoms with van der Waals surface area (Å²) < 4.78 is 5.14. The van der Waals surface area contributed by atoms with E-state index in [4.69, 9.17) is 4.74 Å². The monoisotopic (exact) mass is 421 g/mol. The molecule has 2 N–H and O–H groups in total. The molecule has 1 aromatic heterocycles. The molecule has 0 radical (unpaired) electrons. The summed E-state index contributed by atoms with van der Waals surface area (Å²) in [4.78, 5) is 39.9. The fourth-order valence-corrected chi connectivity index (χ4v) is 5.73. The molecule has 2 heterocycles. The van der Waals surface area contributed by atoms with Crippen LogP contribution in [0.3, 0.4) is 0 Å². The summed E-state index contributed by atoms with van der Waals surface area (Å²) in [5.41, 5.74) is 0.806. The first-order valence-electron chi connectivity index (χ1n) is 10.5. The van der Waals surface area contributed by atoms with Crippen LogP contribution in [-0.2, 0) is 9.53 Å². The maximum atomic E-state index is 12.7. The van der Waals surface area contributed by atoms with E-state index in [0.29, 0.717) is 27.9 Å². The molecule has 1 aliphatic carbocycles. The average Bonchev–Trinajstić information content (AvgIpc) is 3.03. The van der Waals surface area contributed by atoms with E-state index in [0.717, 1.165) is 36.8 Å². The van der Waals surface area contributed by atoms with Crippen molar-refractivity contribution in [3.05, 3.63) is 16.0 Å². The van der Waals surface area contributed by atoms with Crippen LogP contribution in [0.25, 0.3) is 0 Å². The fraction of sp³-hybridized carbons (Fsp3) is 0.667. The van der Waals surface area contributed by atoms with E-state index in [1.807, 2.05) is 0 Å². The molecule has 8 heteroatoms. The van der Waals surface area contributed by atoms with Crippen molar-refractivity contribution < 1.29 is 19.1 Å². The van der Waals surface area contributed by atoms with Crippen LogP contribution in [-0.4, -0.2) is 56.0 Å². The highest BCUT2D eigenvalue weighted by atomic mass is 32.1. The molecular weight excluding hydrogens is 390 g/mol. The van der Waals surface area contributed by atoms with Crippen molar-refractivity contribution in [1.29, 1.82) is 0 Å². The molecule has 160 valence electrons. The van der Waals surface area contributed by atoms with Gasteiger partial charge in [0.15, 0.2) is 0 Å². The first-order chi connectivity index (χ1) is 13.9. The molecule has 1 aliphatic heterocycles. The molecule has 2 fully saturated rings. The van der Waals surface area contributed by atoms with Gasteiger partial charge in [0.25, 0.3) is 5.91 Å². The van der Waals surface area contributed by atoms with Gasteiger partial charge in [-0.3, -0.25) is 14.5 Å². The van der Waals surface area contributed by atoms with Crippen LogP contribution in [0.4, 0.5) is 5.00 Å². The van der Waals surface area contributed by atoms with Gasteiger partial charge < -0.3 is 15.4 Å². The number of rotatable bonds is 6. The van der Waals surface area contributed by atoms with Gasteiger partial charge in [-0.2, -0.15) is 0 Å². The molecule has 1 aromatic rings. The second-order valence-corrected chi connectivity index (χ2v) is 8.96. The summed E-state index contributed by atoms with van der Waals surface area (Å²) in [6.07, 6.45) is 6.37. The molecule has 0 spiro atoms. The Morgan fingerprint density at radius 3 is 2.59 bits per heavy atom. The Morgan fingerprint density at radius 2 is 1.90 bits per heavy atom. The number of hydrogen-bond acceptors (Lipinski definition) is 6. The van der Waals surface area contributed by atoms with Crippen molar-refractivity contribution >= 4 is 34.1 Å². The molecule has 0 unspecified atom stereocenters. The van der Waals surface area contributed by atoms with Gasteiger partial charge in [0.2, 0.25) is 5.91 Å². The van der Waals surface area contributed by atoms with E-state index >= 15 is 0 Å². The van der Waals surface area contributed by atoms with Gasteiger partial charge in [-0.05, 0) is 50.6 Å². The Kier molecular flexibility index (Phi) is 7.29. The van der Waals surface area contributed by atoms with Crippen LogP contribution in [0, 0.1) is 18.8 Å². The number of nitrogens with zero attached hydrogens (tertiary/aromatic N) is 1. The molecular formula is C21H31N3O4S. The Balaban J connectivity index is 1.70. The molecule has 2 aliphatic rings. The number of piperidine rings is 1. The summed E-state index contributed by atoms with van der Waals surface area (Å²) in [6, 6.07) is 0. The lowest BCUT2D eigenvalue weighted by molar-refractivity contribution is -0.118. The third-order valence-corrected chi connectivity index (χ3v) is 7.26. The number of amides is 2. The lowest BCUT2D eigenvalue weighted by Crippen LogP contribution is -2.44. The number of ether oxygens (including phenoxy) is 1. The van der Waals surface area contributed by atoms with Gasteiger partial charge in [-0.25, -0.2) is 4.79 Å². The minimum absolute atomic E-state index is 0.158. The van der Waals surface area contributed by atoms with Crippen molar-refractivity contribution in [3.8, 4) is 0 Å². The number of likely N-dealkylation sites (tertiary alicyclic amines) is 1. The third kappa shape index (κ3) is 4.98. The molecule has 0 bridgehead atoms. The minimum atomic E-state index is -0.519. The van der Waals surface area contributed by atoms with Gasteiger partial charge >= 0.3 is 5.97 Å². The molecule has 0 aromatic carbocycles. The zero-order chi connectivity index (χ0) is 21.0. The molecule has 1 saturated heterocycles. The maximum absolute atomic E-state index is 12.7. The van der Waals surface area contributed by atoms with Gasteiger partial charge in [0, 0.05) is 13.6 Å².